The molecule has 1 unspecified atom stereocenters. The molecule has 2 aromatic heterocycles. The van der Waals surface area contributed by atoms with Crippen molar-refractivity contribution in [3.63, 3.8) is 0 Å². The third kappa shape index (κ3) is 3.95. The SMILES string of the molecule is CCn1ccnc1[C@@H]1OCC[C@H]1CNC(C)Cc1cnccn1. The summed E-state index contributed by atoms with van der Waals surface area (Å²) in [5, 5.41) is 3.62. The monoisotopic (exact) mass is 315 g/mol. The topological polar surface area (TPSA) is 64.9 Å². The van der Waals surface area contributed by atoms with E-state index in [1.807, 2.05) is 18.6 Å². The Morgan fingerprint density at radius 3 is 3.04 bits per heavy atom. The molecule has 6 heteroatoms. The van der Waals surface area contributed by atoms with Gasteiger partial charge in [0.05, 0.1) is 5.69 Å². The Morgan fingerprint density at radius 1 is 1.35 bits per heavy atom. The van der Waals surface area contributed by atoms with Crippen molar-refractivity contribution in [1.29, 1.82) is 0 Å². The summed E-state index contributed by atoms with van der Waals surface area (Å²) in [6.07, 6.45) is 11.2. The molecule has 1 aliphatic rings. The van der Waals surface area contributed by atoms with E-state index in [9.17, 15) is 0 Å². The van der Waals surface area contributed by atoms with Gasteiger partial charge in [0, 0.05) is 69.1 Å². The molecule has 3 heterocycles. The Labute approximate surface area is 137 Å². The van der Waals surface area contributed by atoms with Crippen molar-refractivity contribution < 1.29 is 4.74 Å². The number of nitrogens with zero attached hydrogens (tertiary/aromatic N) is 4. The first-order valence-corrected chi connectivity index (χ1v) is 8.38. The molecule has 2 aromatic rings. The first kappa shape index (κ1) is 16.1. The van der Waals surface area contributed by atoms with Gasteiger partial charge in [-0.05, 0) is 20.3 Å². The minimum atomic E-state index is 0.0983. The van der Waals surface area contributed by atoms with E-state index in [0.29, 0.717) is 12.0 Å². The Morgan fingerprint density at radius 2 is 2.26 bits per heavy atom. The van der Waals surface area contributed by atoms with Crippen molar-refractivity contribution in [3.8, 4) is 0 Å². The zero-order chi connectivity index (χ0) is 16.1. The van der Waals surface area contributed by atoms with Gasteiger partial charge in [-0.1, -0.05) is 0 Å². The largest absolute Gasteiger partial charge is 0.370 e. The number of aryl methyl sites for hydroxylation is 1. The number of imidazole rings is 1. The molecular weight excluding hydrogens is 290 g/mol. The van der Waals surface area contributed by atoms with Gasteiger partial charge in [0.25, 0.3) is 0 Å². The average Bonchev–Trinajstić information content (AvgIpc) is 3.22. The van der Waals surface area contributed by atoms with Crippen LogP contribution in [0.5, 0.6) is 0 Å². The lowest BCUT2D eigenvalue weighted by molar-refractivity contribution is 0.0799. The second-order valence-electron chi connectivity index (χ2n) is 6.12. The van der Waals surface area contributed by atoms with Gasteiger partial charge in [-0.2, -0.15) is 0 Å². The summed E-state index contributed by atoms with van der Waals surface area (Å²) in [4.78, 5) is 13.0. The fraction of sp³-hybridized carbons (Fsp3) is 0.588. The van der Waals surface area contributed by atoms with Crippen LogP contribution in [0.2, 0.25) is 0 Å². The Hall–Kier alpha value is -1.79. The molecule has 0 aliphatic carbocycles. The van der Waals surface area contributed by atoms with Crippen LogP contribution in [0, 0.1) is 5.92 Å². The first-order chi connectivity index (χ1) is 11.3. The lowest BCUT2D eigenvalue weighted by Gasteiger charge is -2.21. The van der Waals surface area contributed by atoms with E-state index in [1.165, 1.54) is 0 Å². The normalized spacial score (nSPS) is 22.3. The summed E-state index contributed by atoms with van der Waals surface area (Å²) in [6, 6.07) is 0.360. The van der Waals surface area contributed by atoms with Crippen LogP contribution in [0.3, 0.4) is 0 Å². The highest BCUT2D eigenvalue weighted by atomic mass is 16.5. The van der Waals surface area contributed by atoms with Crippen LogP contribution in [0.1, 0.15) is 37.9 Å². The predicted molar refractivity (Wildman–Crippen MR) is 87.9 cm³/mol. The minimum absolute atomic E-state index is 0.0983. The predicted octanol–water partition coefficient (Wildman–Crippen LogP) is 1.99. The summed E-state index contributed by atoms with van der Waals surface area (Å²) in [5.74, 6) is 1.52. The highest BCUT2D eigenvalue weighted by Gasteiger charge is 2.32. The summed E-state index contributed by atoms with van der Waals surface area (Å²) >= 11 is 0. The Balaban J connectivity index is 1.55. The van der Waals surface area contributed by atoms with Crippen molar-refractivity contribution in [2.24, 2.45) is 5.92 Å². The van der Waals surface area contributed by atoms with Crippen LogP contribution >= 0.6 is 0 Å². The zero-order valence-electron chi connectivity index (χ0n) is 13.9. The van der Waals surface area contributed by atoms with Gasteiger partial charge < -0.3 is 14.6 Å². The number of hydrogen-bond donors (Lipinski definition) is 1. The van der Waals surface area contributed by atoms with Gasteiger partial charge in [0.15, 0.2) is 0 Å². The molecule has 23 heavy (non-hydrogen) atoms. The van der Waals surface area contributed by atoms with Gasteiger partial charge >= 0.3 is 0 Å². The third-order valence-electron chi connectivity index (χ3n) is 4.42. The summed E-state index contributed by atoms with van der Waals surface area (Å²) in [6.45, 7) is 7.00. The van der Waals surface area contributed by atoms with E-state index in [1.54, 1.807) is 12.4 Å². The van der Waals surface area contributed by atoms with Gasteiger partial charge in [-0.15, -0.1) is 0 Å². The minimum Gasteiger partial charge on any atom is -0.370 e. The van der Waals surface area contributed by atoms with E-state index >= 15 is 0 Å². The maximum absolute atomic E-state index is 5.96. The van der Waals surface area contributed by atoms with Crippen molar-refractivity contribution in [2.75, 3.05) is 13.2 Å². The molecule has 1 aliphatic heterocycles. The fourth-order valence-corrected chi connectivity index (χ4v) is 3.15. The second-order valence-corrected chi connectivity index (χ2v) is 6.12. The van der Waals surface area contributed by atoms with Crippen LogP contribution in [-0.4, -0.2) is 38.7 Å². The molecule has 0 spiro atoms. The van der Waals surface area contributed by atoms with Gasteiger partial charge in [-0.25, -0.2) is 4.98 Å². The molecule has 1 saturated heterocycles. The highest BCUT2D eigenvalue weighted by molar-refractivity contribution is 5.02. The summed E-state index contributed by atoms with van der Waals surface area (Å²) < 4.78 is 8.13. The van der Waals surface area contributed by atoms with Gasteiger partial charge in [0.1, 0.15) is 11.9 Å². The molecule has 6 nitrogen and oxygen atoms in total. The molecule has 124 valence electrons. The van der Waals surface area contributed by atoms with Crippen molar-refractivity contribution in [1.82, 2.24) is 24.8 Å². The molecule has 0 amide bonds. The van der Waals surface area contributed by atoms with E-state index in [-0.39, 0.29) is 6.10 Å². The Kier molecular flexibility index (Phi) is 5.35. The molecule has 1 fully saturated rings. The van der Waals surface area contributed by atoms with E-state index < -0.39 is 0 Å². The van der Waals surface area contributed by atoms with Crippen LogP contribution < -0.4 is 5.32 Å². The zero-order valence-corrected chi connectivity index (χ0v) is 13.9. The Bertz CT molecular complexity index is 600. The van der Waals surface area contributed by atoms with E-state index in [0.717, 1.165) is 44.1 Å². The van der Waals surface area contributed by atoms with Crippen molar-refractivity contribution in [3.05, 3.63) is 42.5 Å². The second kappa shape index (κ2) is 7.66. The molecule has 3 rings (SSSR count). The molecule has 3 atom stereocenters. The average molecular weight is 315 g/mol. The quantitative estimate of drug-likeness (QED) is 0.846. The fourth-order valence-electron chi connectivity index (χ4n) is 3.15. The molecule has 0 bridgehead atoms. The van der Waals surface area contributed by atoms with Gasteiger partial charge in [0.2, 0.25) is 0 Å². The number of aromatic nitrogens is 4. The molecular formula is C17H25N5O. The number of nitrogens with one attached hydrogen (secondary N) is 1. The maximum Gasteiger partial charge on any atom is 0.138 e. The summed E-state index contributed by atoms with van der Waals surface area (Å²) in [7, 11) is 0. The van der Waals surface area contributed by atoms with Crippen molar-refractivity contribution >= 4 is 0 Å². The van der Waals surface area contributed by atoms with Crippen molar-refractivity contribution in [2.45, 2.75) is 45.4 Å². The number of hydrogen-bond acceptors (Lipinski definition) is 5. The van der Waals surface area contributed by atoms with Crippen LogP contribution in [0.4, 0.5) is 0 Å². The molecule has 0 aromatic carbocycles. The maximum atomic E-state index is 5.96. The third-order valence-corrected chi connectivity index (χ3v) is 4.42. The highest BCUT2D eigenvalue weighted by Crippen LogP contribution is 2.33. The van der Waals surface area contributed by atoms with Crippen LogP contribution in [-0.2, 0) is 17.7 Å². The molecule has 0 radical (unpaired) electrons. The molecule has 1 N–H and O–H groups in total. The first-order valence-electron chi connectivity index (χ1n) is 8.38. The number of ether oxygens (including phenoxy) is 1. The smallest absolute Gasteiger partial charge is 0.138 e. The standard InChI is InChI=1S/C17H25N5O/c1-3-22-8-7-20-17(22)16-14(4-9-23-16)11-21-13(2)10-15-12-18-5-6-19-15/h5-8,12-14,16,21H,3-4,9-11H2,1-2H3/t13?,14-,16+/m0/s1. The lowest BCUT2D eigenvalue weighted by Crippen LogP contribution is -2.34. The van der Waals surface area contributed by atoms with Gasteiger partial charge in [-0.3, -0.25) is 9.97 Å². The van der Waals surface area contributed by atoms with Crippen LogP contribution in [0.15, 0.2) is 31.0 Å². The number of rotatable bonds is 7. The van der Waals surface area contributed by atoms with E-state index in [2.05, 4.69) is 38.7 Å². The lowest BCUT2D eigenvalue weighted by atomic mass is 10.00. The summed E-state index contributed by atoms with van der Waals surface area (Å²) in [5.41, 5.74) is 1.02. The van der Waals surface area contributed by atoms with Crippen LogP contribution in [0.25, 0.3) is 0 Å². The van der Waals surface area contributed by atoms with E-state index in [4.69, 9.17) is 4.74 Å². The molecule has 0 saturated carbocycles.